The summed E-state index contributed by atoms with van der Waals surface area (Å²) in [6.07, 6.45) is 3.66. The zero-order chi connectivity index (χ0) is 29.6. The Morgan fingerprint density at radius 1 is 0.907 bits per heavy atom. The van der Waals surface area contributed by atoms with Gasteiger partial charge in [-0.2, -0.15) is 0 Å². The zero-order valence-electron chi connectivity index (χ0n) is 23.6. The second kappa shape index (κ2) is 13.0. The van der Waals surface area contributed by atoms with Gasteiger partial charge in [-0.1, -0.05) is 54.6 Å². The fraction of sp³-hybridized carbons (Fsp3) is 0.212. The largest absolute Gasteiger partial charge is 0.486 e. The number of carboxylic acids is 1. The van der Waals surface area contributed by atoms with E-state index >= 15 is 0 Å². The van der Waals surface area contributed by atoms with E-state index in [2.05, 4.69) is 51.3 Å². The van der Waals surface area contributed by atoms with Crippen molar-refractivity contribution in [1.29, 1.82) is 0 Å². The number of carboxylic acid groups (broad SMARTS) is 1. The minimum atomic E-state index is -1.02. The van der Waals surface area contributed by atoms with Crippen LogP contribution in [-0.4, -0.2) is 58.9 Å². The Bertz CT molecular complexity index is 1690. The van der Waals surface area contributed by atoms with Crippen LogP contribution in [0.3, 0.4) is 0 Å². The molecule has 9 nitrogen and oxygen atoms in total. The molecule has 1 aliphatic rings. The van der Waals surface area contributed by atoms with Crippen LogP contribution < -0.4 is 14.4 Å². The van der Waals surface area contributed by atoms with Crippen LogP contribution in [-0.2, 0) is 16.1 Å². The van der Waals surface area contributed by atoms with Crippen molar-refractivity contribution in [2.75, 3.05) is 37.8 Å². The molecule has 2 aromatic heterocycles. The maximum Gasteiger partial charge on any atom is 0.341 e. The van der Waals surface area contributed by atoms with E-state index in [-0.39, 0.29) is 6.61 Å². The van der Waals surface area contributed by atoms with E-state index in [1.165, 1.54) is 0 Å². The first kappa shape index (κ1) is 28.3. The fourth-order valence-electron chi connectivity index (χ4n) is 4.79. The van der Waals surface area contributed by atoms with Gasteiger partial charge in [-0.15, -0.1) is 11.3 Å². The molecule has 1 N–H and O–H groups in total. The summed E-state index contributed by atoms with van der Waals surface area (Å²) in [6.45, 7) is 4.59. The highest BCUT2D eigenvalue weighted by atomic mass is 32.1. The Hall–Kier alpha value is -4.80. The average molecular weight is 595 g/mol. The van der Waals surface area contributed by atoms with E-state index in [1.54, 1.807) is 23.5 Å². The topological polar surface area (TPSA) is 107 Å². The third-order valence-corrected chi connectivity index (χ3v) is 8.07. The molecule has 10 heteroatoms. The van der Waals surface area contributed by atoms with Gasteiger partial charge in [0.15, 0.2) is 6.61 Å². The number of carbonyl (C=O) groups is 1. The van der Waals surface area contributed by atoms with Crippen molar-refractivity contribution in [3.8, 4) is 44.3 Å². The fourth-order valence-corrected chi connectivity index (χ4v) is 5.79. The van der Waals surface area contributed by atoms with Crippen molar-refractivity contribution in [2.24, 2.45) is 0 Å². The lowest BCUT2D eigenvalue weighted by atomic mass is 10.0. The maximum atomic E-state index is 10.8. The lowest BCUT2D eigenvalue weighted by Gasteiger charge is -2.26. The van der Waals surface area contributed by atoms with E-state index in [9.17, 15) is 4.79 Å². The number of benzene rings is 3. The molecule has 1 aliphatic heterocycles. The number of hydrogen-bond donors (Lipinski definition) is 1. The normalized spacial score (nSPS) is 13.1. The highest BCUT2D eigenvalue weighted by Gasteiger charge is 2.19. The summed E-state index contributed by atoms with van der Waals surface area (Å²) in [7, 11) is 0. The van der Waals surface area contributed by atoms with E-state index in [0.29, 0.717) is 30.7 Å². The van der Waals surface area contributed by atoms with Crippen LogP contribution in [0.2, 0.25) is 0 Å². The van der Waals surface area contributed by atoms with Gasteiger partial charge >= 0.3 is 5.97 Å². The number of aryl methyl sites for hydroxylation is 1. The molecule has 3 aromatic carbocycles. The Labute approximate surface area is 253 Å². The summed E-state index contributed by atoms with van der Waals surface area (Å²) in [6, 6.07) is 24.1. The first-order valence-corrected chi connectivity index (χ1v) is 14.7. The molecule has 3 heterocycles. The molecular weight excluding hydrogens is 564 g/mol. The predicted molar refractivity (Wildman–Crippen MR) is 166 cm³/mol. The first-order chi connectivity index (χ1) is 21.0. The number of nitrogens with zero attached hydrogens (tertiary/aromatic N) is 4. The van der Waals surface area contributed by atoms with Gasteiger partial charge < -0.3 is 24.2 Å². The Morgan fingerprint density at radius 3 is 2.30 bits per heavy atom. The maximum absolute atomic E-state index is 10.8. The molecule has 0 unspecified atom stereocenters. The van der Waals surface area contributed by atoms with Crippen LogP contribution in [0, 0.1) is 6.92 Å². The van der Waals surface area contributed by atoms with Gasteiger partial charge in [-0.05, 0) is 47.4 Å². The van der Waals surface area contributed by atoms with Crippen LogP contribution in [0.15, 0.2) is 85.2 Å². The lowest BCUT2D eigenvalue weighted by molar-refractivity contribution is -0.139. The molecule has 0 amide bonds. The van der Waals surface area contributed by atoms with Gasteiger partial charge in [0, 0.05) is 31.0 Å². The summed E-state index contributed by atoms with van der Waals surface area (Å²) in [5.74, 6) is 0.814. The summed E-state index contributed by atoms with van der Waals surface area (Å²) in [5.41, 5.74) is 5.77. The van der Waals surface area contributed by atoms with Gasteiger partial charge in [0.05, 0.1) is 23.8 Å². The van der Waals surface area contributed by atoms with Gasteiger partial charge in [0.25, 0.3) is 0 Å². The second-order valence-corrected chi connectivity index (χ2v) is 11.1. The second-order valence-electron chi connectivity index (χ2n) is 10.00. The SMILES string of the molecule is Cc1cc(OCc2nc(-c3cnc(N4CCOCC4)nc3)c(-c3ccc(-c4ccccc4)cc3)s2)ccc1OCC(=O)O. The van der Waals surface area contributed by atoms with Crippen LogP contribution in [0.4, 0.5) is 5.95 Å². The molecule has 1 fully saturated rings. The van der Waals surface area contributed by atoms with Gasteiger partial charge in [-0.25, -0.2) is 19.7 Å². The van der Waals surface area contributed by atoms with Gasteiger partial charge in [0.2, 0.25) is 5.95 Å². The Morgan fingerprint density at radius 2 is 1.60 bits per heavy atom. The van der Waals surface area contributed by atoms with Crippen molar-refractivity contribution < 1.29 is 24.1 Å². The number of ether oxygens (including phenoxy) is 3. The summed E-state index contributed by atoms with van der Waals surface area (Å²) >= 11 is 1.57. The number of hydrogen-bond acceptors (Lipinski definition) is 9. The minimum Gasteiger partial charge on any atom is -0.486 e. The predicted octanol–water partition coefficient (Wildman–Crippen LogP) is 6.12. The molecule has 0 atom stereocenters. The van der Waals surface area contributed by atoms with Crippen molar-refractivity contribution in [2.45, 2.75) is 13.5 Å². The van der Waals surface area contributed by atoms with E-state index in [4.69, 9.17) is 24.3 Å². The monoisotopic (exact) mass is 594 g/mol. The number of thiazole rings is 1. The number of morpholine rings is 1. The highest BCUT2D eigenvalue weighted by molar-refractivity contribution is 7.15. The molecule has 1 saturated heterocycles. The third kappa shape index (κ3) is 6.82. The number of aliphatic carboxylic acids is 1. The van der Waals surface area contributed by atoms with Crippen molar-refractivity contribution in [3.63, 3.8) is 0 Å². The third-order valence-electron chi connectivity index (χ3n) is 6.99. The van der Waals surface area contributed by atoms with Crippen LogP contribution >= 0.6 is 11.3 Å². The standard InChI is InChI=1S/C33H30N4O5S/c1-22-17-27(11-12-28(22)42-21-30(38)39)41-20-29-36-31(26-18-34-33(35-19-26)37-13-15-40-16-14-37)32(43-29)25-9-7-24(8-10-25)23-5-3-2-4-6-23/h2-12,17-19H,13-16,20-21H2,1H3,(H,38,39). The number of aromatic nitrogens is 3. The lowest BCUT2D eigenvalue weighted by Crippen LogP contribution is -2.37. The molecule has 0 spiro atoms. The van der Waals surface area contributed by atoms with E-state index in [1.807, 2.05) is 43.6 Å². The highest BCUT2D eigenvalue weighted by Crippen LogP contribution is 2.38. The van der Waals surface area contributed by atoms with Gasteiger partial charge in [0.1, 0.15) is 23.1 Å². The molecule has 218 valence electrons. The summed E-state index contributed by atoms with van der Waals surface area (Å²) in [5, 5.41) is 9.69. The zero-order valence-corrected chi connectivity index (χ0v) is 24.4. The molecule has 0 radical (unpaired) electrons. The number of rotatable bonds is 10. The molecule has 6 rings (SSSR count). The summed E-state index contributed by atoms with van der Waals surface area (Å²) < 4.78 is 16.9. The smallest absolute Gasteiger partial charge is 0.341 e. The number of anilines is 1. The molecule has 0 saturated carbocycles. The summed E-state index contributed by atoms with van der Waals surface area (Å²) in [4.78, 5) is 28.3. The van der Waals surface area contributed by atoms with Crippen molar-refractivity contribution in [1.82, 2.24) is 15.0 Å². The van der Waals surface area contributed by atoms with Crippen LogP contribution in [0.1, 0.15) is 10.6 Å². The molecule has 0 bridgehead atoms. The van der Waals surface area contributed by atoms with Gasteiger partial charge in [-0.3, -0.25) is 0 Å². The van der Waals surface area contributed by atoms with E-state index < -0.39 is 12.6 Å². The van der Waals surface area contributed by atoms with Crippen LogP contribution in [0.25, 0.3) is 32.8 Å². The molecule has 5 aromatic rings. The molecule has 0 aliphatic carbocycles. The Kier molecular flexibility index (Phi) is 8.57. The minimum absolute atomic E-state index is 0.265. The molecule has 43 heavy (non-hydrogen) atoms. The van der Waals surface area contributed by atoms with Crippen molar-refractivity contribution >= 4 is 23.3 Å². The van der Waals surface area contributed by atoms with Crippen molar-refractivity contribution in [3.05, 3.63) is 95.8 Å². The van der Waals surface area contributed by atoms with E-state index in [0.717, 1.165) is 56.5 Å². The Balaban J connectivity index is 1.26. The quantitative estimate of drug-likeness (QED) is 0.205. The average Bonchev–Trinajstić information content (AvgIpc) is 3.48. The first-order valence-electron chi connectivity index (χ1n) is 13.9. The van der Waals surface area contributed by atoms with Crippen LogP contribution in [0.5, 0.6) is 11.5 Å². The molecular formula is C33H30N4O5S.